The van der Waals surface area contributed by atoms with Gasteiger partial charge in [-0.3, -0.25) is 0 Å². The van der Waals surface area contributed by atoms with E-state index in [1.165, 1.54) is 25.5 Å². The summed E-state index contributed by atoms with van der Waals surface area (Å²) in [6.07, 6.45) is 1.39. The second kappa shape index (κ2) is 8.03. The maximum absolute atomic E-state index is 12.3. The molecule has 0 spiro atoms. The Balaban J connectivity index is 2.13. The van der Waals surface area contributed by atoms with Crippen LogP contribution < -0.4 is 14.3 Å². The van der Waals surface area contributed by atoms with E-state index in [0.29, 0.717) is 6.61 Å². The molecule has 0 aromatic heterocycles. The molecule has 0 atom stereocenters. The molecule has 0 fully saturated rings. The van der Waals surface area contributed by atoms with Gasteiger partial charge in [0.2, 0.25) is 0 Å². The van der Waals surface area contributed by atoms with E-state index in [9.17, 15) is 8.42 Å². The van der Waals surface area contributed by atoms with Crippen LogP contribution in [0.5, 0.6) is 11.5 Å². The Kier molecular flexibility index (Phi) is 6.05. The highest BCUT2D eigenvalue weighted by Gasteiger charge is 2.19. The van der Waals surface area contributed by atoms with E-state index >= 15 is 0 Å². The van der Waals surface area contributed by atoms with Gasteiger partial charge in [0.15, 0.2) is 0 Å². The Labute approximate surface area is 146 Å². The summed E-state index contributed by atoms with van der Waals surface area (Å²) in [6, 6.07) is 11.4. The second-order valence-electron chi connectivity index (χ2n) is 4.65. The van der Waals surface area contributed by atoms with Crippen molar-refractivity contribution >= 4 is 27.8 Å². The molecule has 0 saturated carbocycles. The van der Waals surface area contributed by atoms with Crippen LogP contribution in [0.1, 0.15) is 12.5 Å². The third-order valence-corrected chi connectivity index (χ3v) is 4.47. The molecule has 6 nitrogen and oxygen atoms in total. The number of ether oxygens (including phenoxy) is 2. The SMILES string of the molecule is CCOc1ccc(/C=N/NS(=O)(=O)c2cc(Cl)ccc2OC)cc1. The van der Waals surface area contributed by atoms with Gasteiger partial charge in [-0.05, 0) is 55.0 Å². The number of methoxy groups -OCH3 is 1. The zero-order chi connectivity index (χ0) is 17.6. The molecule has 8 heteroatoms. The summed E-state index contributed by atoms with van der Waals surface area (Å²) in [4.78, 5) is 2.06. The summed E-state index contributed by atoms with van der Waals surface area (Å²) in [5.41, 5.74) is 0.721. The molecular weight excluding hydrogens is 352 g/mol. The van der Waals surface area contributed by atoms with E-state index in [0.717, 1.165) is 11.3 Å². The first-order valence-electron chi connectivity index (χ1n) is 7.07. The number of nitrogens with one attached hydrogen (secondary N) is 1. The third kappa shape index (κ3) is 4.62. The van der Waals surface area contributed by atoms with E-state index in [-0.39, 0.29) is 15.7 Å². The Morgan fingerprint density at radius 2 is 1.92 bits per heavy atom. The van der Waals surface area contributed by atoms with Crippen LogP contribution in [0.15, 0.2) is 52.5 Å². The molecule has 0 unspecified atom stereocenters. The first-order valence-corrected chi connectivity index (χ1v) is 8.93. The van der Waals surface area contributed by atoms with Crippen molar-refractivity contribution in [2.45, 2.75) is 11.8 Å². The first-order chi connectivity index (χ1) is 11.5. The number of hydrogen-bond acceptors (Lipinski definition) is 5. The first kappa shape index (κ1) is 18.1. The number of nitrogens with zero attached hydrogens (tertiary/aromatic N) is 1. The smallest absolute Gasteiger partial charge is 0.280 e. The van der Waals surface area contributed by atoms with Crippen molar-refractivity contribution in [3.63, 3.8) is 0 Å². The lowest BCUT2D eigenvalue weighted by molar-refractivity contribution is 0.340. The molecule has 2 aromatic carbocycles. The molecule has 0 aliphatic heterocycles. The molecule has 2 aromatic rings. The lowest BCUT2D eigenvalue weighted by atomic mass is 10.2. The van der Waals surface area contributed by atoms with Gasteiger partial charge in [-0.25, -0.2) is 0 Å². The lowest BCUT2D eigenvalue weighted by Crippen LogP contribution is -2.19. The number of sulfonamides is 1. The standard InChI is InChI=1S/C16H17ClN2O4S/c1-3-23-14-7-4-12(5-8-14)11-18-19-24(20,21)16-10-13(17)6-9-15(16)22-2/h4-11,19H,3H2,1-2H3/b18-11+. The maximum atomic E-state index is 12.3. The highest BCUT2D eigenvalue weighted by atomic mass is 35.5. The van der Waals surface area contributed by atoms with Crippen molar-refractivity contribution in [1.82, 2.24) is 4.83 Å². The van der Waals surface area contributed by atoms with Crippen molar-refractivity contribution in [3.05, 3.63) is 53.1 Å². The van der Waals surface area contributed by atoms with Crippen molar-refractivity contribution in [1.29, 1.82) is 0 Å². The van der Waals surface area contributed by atoms with Gasteiger partial charge in [0, 0.05) is 5.02 Å². The largest absolute Gasteiger partial charge is 0.495 e. The number of hydrazone groups is 1. The number of benzene rings is 2. The fourth-order valence-corrected chi connectivity index (χ4v) is 3.12. The van der Waals surface area contributed by atoms with Crippen LogP contribution in [0.25, 0.3) is 0 Å². The van der Waals surface area contributed by atoms with Crippen molar-refractivity contribution in [3.8, 4) is 11.5 Å². The zero-order valence-electron chi connectivity index (χ0n) is 13.2. The Hall–Kier alpha value is -2.25. The monoisotopic (exact) mass is 368 g/mol. The molecule has 0 amide bonds. The van der Waals surface area contributed by atoms with Crippen molar-refractivity contribution < 1.29 is 17.9 Å². The molecule has 24 heavy (non-hydrogen) atoms. The van der Waals surface area contributed by atoms with E-state index in [2.05, 4.69) is 9.93 Å². The Bertz CT molecular complexity index is 820. The molecule has 0 bridgehead atoms. The van der Waals surface area contributed by atoms with Gasteiger partial charge < -0.3 is 9.47 Å². The molecule has 0 aliphatic carbocycles. The lowest BCUT2D eigenvalue weighted by Gasteiger charge is -2.09. The molecule has 0 radical (unpaired) electrons. The van der Waals surface area contributed by atoms with Crippen LogP contribution in [-0.2, 0) is 10.0 Å². The van der Waals surface area contributed by atoms with Crippen LogP contribution in [0, 0.1) is 0 Å². The van der Waals surface area contributed by atoms with Crippen LogP contribution in [0.2, 0.25) is 5.02 Å². The van der Waals surface area contributed by atoms with Gasteiger partial charge >= 0.3 is 0 Å². The third-order valence-electron chi connectivity index (χ3n) is 2.99. The number of hydrogen-bond donors (Lipinski definition) is 1. The van der Waals surface area contributed by atoms with E-state index in [4.69, 9.17) is 21.1 Å². The topological polar surface area (TPSA) is 77.0 Å². The minimum absolute atomic E-state index is 0.0821. The van der Waals surface area contributed by atoms with Gasteiger partial charge in [-0.1, -0.05) is 11.6 Å². The average molecular weight is 369 g/mol. The van der Waals surface area contributed by atoms with Crippen molar-refractivity contribution in [2.75, 3.05) is 13.7 Å². The Morgan fingerprint density at radius 1 is 1.21 bits per heavy atom. The maximum Gasteiger partial charge on any atom is 0.280 e. The molecule has 1 N–H and O–H groups in total. The Morgan fingerprint density at radius 3 is 2.54 bits per heavy atom. The molecule has 2 rings (SSSR count). The molecule has 0 aliphatic rings. The normalized spacial score (nSPS) is 11.5. The molecular formula is C16H17ClN2O4S. The van der Waals surface area contributed by atoms with Crippen molar-refractivity contribution in [2.24, 2.45) is 5.10 Å². The fourth-order valence-electron chi connectivity index (χ4n) is 1.90. The summed E-state index contributed by atoms with van der Waals surface area (Å²) in [5, 5.41) is 4.05. The quantitative estimate of drug-likeness (QED) is 0.602. The molecule has 128 valence electrons. The van der Waals surface area contributed by atoms with Crippen LogP contribution >= 0.6 is 11.6 Å². The van der Waals surface area contributed by atoms with Crippen LogP contribution in [0.3, 0.4) is 0 Å². The predicted molar refractivity (Wildman–Crippen MR) is 93.5 cm³/mol. The summed E-state index contributed by atoms with van der Waals surface area (Å²) in [5.74, 6) is 0.919. The van der Waals surface area contributed by atoms with Gasteiger partial charge in [0.05, 0.1) is 19.9 Å². The van der Waals surface area contributed by atoms with Gasteiger partial charge in [-0.15, -0.1) is 0 Å². The van der Waals surface area contributed by atoms with Crippen LogP contribution in [-0.4, -0.2) is 28.3 Å². The van der Waals surface area contributed by atoms with Gasteiger partial charge in [-0.2, -0.15) is 18.4 Å². The highest BCUT2D eigenvalue weighted by Crippen LogP contribution is 2.26. The number of rotatable bonds is 7. The number of halogens is 1. The van der Waals surface area contributed by atoms with E-state index < -0.39 is 10.0 Å². The zero-order valence-corrected chi connectivity index (χ0v) is 14.8. The summed E-state index contributed by atoms with van der Waals surface area (Å²) in [7, 11) is -2.51. The average Bonchev–Trinajstić information content (AvgIpc) is 2.56. The van der Waals surface area contributed by atoms with Crippen LogP contribution in [0.4, 0.5) is 0 Å². The summed E-state index contributed by atoms with van der Waals surface area (Å²) >= 11 is 5.85. The fraction of sp³-hybridized carbons (Fsp3) is 0.188. The van der Waals surface area contributed by atoms with Gasteiger partial charge in [0.1, 0.15) is 16.4 Å². The minimum atomic E-state index is -3.89. The van der Waals surface area contributed by atoms with Gasteiger partial charge in [0.25, 0.3) is 10.0 Å². The predicted octanol–water partition coefficient (Wildman–Crippen LogP) is 3.06. The summed E-state index contributed by atoms with van der Waals surface area (Å²) < 4.78 is 35.0. The van der Waals surface area contributed by atoms with E-state index in [1.807, 2.05) is 6.92 Å². The van der Waals surface area contributed by atoms with E-state index in [1.54, 1.807) is 30.3 Å². The summed E-state index contributed by atoms with van der Waals surface area (Å²) in [6.45, 7) is 2.48. The molecule has 0 saturated heterocycles. The second-order valence-corrected chi connectivity index (χ2v) is 6.72. The highest BCUT2D eigenvalue weighted by molar-refractivity contribution is 7.89. The molecule has 0 heterocycles. The minimum Gasteiger partial charge on any atom is -0.495 e.